The molecule has 0 aliphatic carbocycles. The molecule has 4 rings (SSSR count). The number of carbonyl (C=O) groups is 2. The van der Waals surface area contributed by atoms with Crippen LogP contribution in [0, 0.1) is 6.92 Å². The molecule has 10 nitrogen and oxygen atoms in total. The Morgan fingerprint density at radius 2 is 1.71 bits per heavy atom. The fourth-order valence-corrected chi connectivity index (χ4v) is 3.89. The number of piperazine rings is 1. The highest BCUT2D eigenvalue weighted by molar-refractivity contribution is 5.99. The number of hydrogen-bond acceptors (Lipinski definition) is 8. The summed E-state index contributed by atoms with van der Waals surface area (Å²) >= 11 is 0. The number of anilines is 3. The highest BCUT2D eigenvalue weighted by Crippen LogP contribution is 2.33. The van der Waals surface area contributed by atoms with Crippen molar-refractivity contribution in [1.82, 2.24) is 15.3 Å². The molecule has 0 bridgehead atoms. The van der Waals surface area contributed by atoms with Gasteiger partial charge >= 0.3 is 12.2 Å². The minimum absolute atomic E-state index is 0.0405. The molecular weight excluding hydrogens is 553 g/mol. The van der Waals surface area contributed by atoms with Gasteiger partial charge in [0, 0.05) is 43.1 Å². The van der Waals surface area contributed by atoms with Gasteiger partial charge in [0.2, 0.25) is 5.88 Å². The molecular formula is C29H35F3N6O4. The summed E-state index contributed by atoms with van der Waals surface area (Å²) in [4.78, 5) is 32.6. The van der Waals surface area contributed by atoms with Crippen LogP contribution in [0.3, 0.4) is 0 Å². The second-order valence-electron chi connectivity index (χ2n) is 10.5. The molecule has 2 heterocycles. The van der Waals surface area contributed by atoms with E-state index in [4.69, 9.17) is 4.74 Å². The molecule has 2 aromatic carbocycles. The summed E-state index contributed by atoms with van der Waals surface area (Å²) in [7, 11) is 0. The van der Waals surface area contributed by atoms with E-state index in [1.165, 1.54) is 25.4 Å². The Bertz CT molecular complexity index is 1350. The third-order valence-corrected chi connectivity index (χ3v) is 5.96. The van der Waals surface area contributed by atoms with Crippen molar-refractivity contribution < 1.29 is 32.2 Å². The largest absolute Gasteiger partial charge is 0.462 e. The van der Waals surface area contributed by atoms with Gasteiger partial charge in [-0.3, -0.25) is 4.79 Å². The quantitative estimate of drug-likeness (QED) is 0.301. The molecule has 3 N–H and O–H groups in total. The number of urea groups is 1. The minimum Gasteiger partial charge on any atom is -0.462 e. The molecule has 1 saturated heterocycles. The van der Waals surface area contributed by atoms with Gasteiger partial charge in [0.25, 0.3) is 6.47 Å². The molecule has 1 aliphatic heterocycles. The standard InChI is InChI=1S/C24H25F3N6O2.C5H10O2/c1-15-3-4-18(11-20(15)24(25,26)27)32-23(34)31-17-5-7-19(8-6-17)35-22-12-21(29-14-30-22)33-10-9-28-13-16(33)2;1-5(2,3)7-4-6/h3-8,11-12,14,16,28H,9-10,13H2,1-2H3,(H2,31,32,34);4H,1-3H3. The Balaban J connectivity index is 0.000000616. The lowest BCUT2D eigenvalue weighted by atomic mass is 10.1. The normalized spacial score (nSPS) is 15.1. The van der Waals surface area contributed by atoms with Gasteiger partial charge in [-0.25, -0.2) is 14.8 Å². The summed E-state index contributed by atoms with van der Waals surface area (Å²) in [5.74, 6) is 1.67. The molecule has 1 aliphatic rings. The van der Waals surface area contributed by atoms with E-state index in [2.05, 4.69) is 42.5 Å². The monoisotopic (exact) mass is 588 g/mol. The zero-order valence-corrected chi connectivity index (χ0v) is 24.1. The van der Waals surface area contributed by atoms with Gasteiger partial charge in [0.15, 0.2) is 0 Å². The van der Waals surface area contributed by atoms with Crippen molar-refractivity contribution in [3.05, 3.63) is 66.0 Å². The van der Waals surface area contributed by atoms with Gasteiger partial charge in [0.05, 0.1) is 5.56 Å². The lowest BCUT2D eigenvalue weighted by Gasteiger charge is -2.34. The first kappa shape index (κ1) is 32.1. The van der Waals surface area contributed by atoms with E-state index in [1.807, 2.05) is 20.8 Å². The van der Waals surface area contributed by atoms with Crippen LogP contribution < -0.4 is 25.6 Å². The van der Waals surface area contributed by atoms with Crippen molar-refractivity contribution in [3.63, 3.8) is 0 Å². The van der Waals surface area contributed by atoms with Crippen molar-refractivity contribution in [3.8, 4) is 11.6 Å². The van der Waals surface area contributed by atoms with Crippen molar-refractivity contribution in [2.45, 2.75) is 52.4 Å². The maximum absolute atomic E-state index is 13.1. The summed E-state index contributed by atoms with van der Waals surface area (Å²) < 4.78 is 49.6. The predicted octanol–water partition coefficient (Wildman–Crippen LogP) is 6.00. The van der Waals surface area contributed by atoms with Crippen LogP contribution >= 0.6 is 0 Å². The van der Waals surface area contributed by atoms with Crippen molar-refractivity contribution in [2.75, 3.05) is 35.2 Å². The number of halogens is 3. The average molecular weight is 589 g/mol. The first-order chi connectivity index (χ1) is 19.7. The molecule has 2 amide bonds. The second kappa shape index (κ2) is 14.0. The number of nitrogens with one attached hydrogen (secondary N) is 3. The van der Waals surface area contributed by atoms with Crippen LogP contribution in [0.1, 0.15) is 38.8 Å². The molecule has 13 heteroatoms. The van der Waals surface area contributed by atoms with Crippen LogP contribution in [0.25, 0.3) is 0 Å². The number of hydrogen-bond donors (Lipinski definition) is 3. The Morgan fingerprint density at radius 3 is 2.31 bits per heavy atom. The molecule has 1 unspecified atom stereocenters. The van der Waals surface area contributed by atoms with Crippen LogP contribution in [0.2, 0.25) is 0 Å². The number of alkyl halides is 3. The fraction of sp³-hybridized carbons (Fsp3) is 0.379. The second-order valence-corrected chi connectivity index (χ2v) is 10.5. The smallest absolute Gasteiger partial charge is 0.416 e. The van der Waals surface area contributed by atoms with Gasteiger partial charge < -0.3 is 30.3 Å². The maximum atomic E-state index is 13.1. The van der Waals surface area contributed by atoms with Gasteiger partial charge in [-0.2, -0.15) is 13.2 Å². The number of rotatable bonds is 6. The molecule has 0 saturated carbocycles. The summed E-state index contributed by atoms with van der Waals surface area (Å²) in [6.45, 7) is 12.0. The number of carbonyl (C=O) groups excluding carboxylic acids is 2. The highest BCUT2D eigenvalue weighted by Gasteiger charge is 2.32. The van der Waals surface area contributed by atoms with Crippen molar-refractivity contribution in [1.29, 1.82) is 0 Å². The minimum atomic E-state index is -4.50. The van der Waals surface area contributed by atoms with E-state index in [0.29, 0.717) is 29.8 Å². The summed E-state index contributed by atoms with van der Waals surface area (Å²) in [6, 6.07) is 11.6. The lowest BCUT2D eigenvalue weighted by molar-refractivity contribution is -0.139. The summed E-state index contributed by atoms with van der Waals surface area (Å²) in [5, 5.41) is 8.34. The summed E-state index contributed by atoms with van der Waals surface area (Å²) in [6.07, 6.45) is -3.04. The van der Waals surface area contributed by atoms with Gasteiger partial charge in [-0.1, -0.05) is 6.07 Å². The van der Waals surface area contributed by atoms with E-state index < -0.39 is 17.8 Å². The number of aromatic nitrogens is 2. The van der Waals surface area contributed by atoms with E-state index in [0.717, 1.165) is 31.5 Å². The lowest BCUT2D eigenvalue weighted by Crippen LogP contribution is -2.50. The number of benzene rings is 2. The van der Waals surface area contributed by atoms with Crippen LogP contribution in [0.5, 0.6) is 11.6 Å². The molecule has 226 valence electrons. The Kier molecular flexibility index (Phi) is 10.7. The Labute approximate surface area is 242 Å². The Hall–Kier alpha value is -4.39. The molecule has 1 fully saturated rings. The summed E-state index contributed by atoms with van der Waals surface area (Å²) in [5.41, 5.74) is -0.551. The van der Waals surface area contributed by atoms with Gasteiger partial charge in [-0.05, 0) is 76.6 Å². The van der Waals surface area contributed by atoms with Crippen molar-refractivity contribution in [2.24, 2.45) is 0 Å². The van der Waals surface area contributed by atoms with Crippen LogP contribution in [0.15, 0.2) is 54.9 Å². The van der Waals surface area contributed by atoms with E-state index in [-0.39, 0.29) is 16.9 Å². The van der Waals surface area contributed by atoms with E-state index in [9.17, 15) is 22.8 Å². The molecule has 42 heavy (non-hydrogen) atoms. The van der Waals surface area contributed by atoms with E-state index in [1.54, 1.807) is 30.3 Å². The number of nitrogens with zero attached hydrogens (tertiary/aromatic N) is 3. The predicted molar refractivity (Wildman–Crippen MR) is 154 cm³/mol. The third kappa shape index (κ3) is 9.91. The van der Waals surface area contributed by atoms with Crippen LogP contribution in [-0.2, 0) is 15.7 Å². The number of aryl methyl sites for hydroxylation is 1. The van der Waals surface area contributed by atoms with Gasteiger partial charge in [0.1, 0.15) is 23.5 Å². The maximum Gasteiger partial charge on any atom is 0.416 e. The zero-order chi connectivity index (χ0) is 30.9. The zero-order valence-electron chi connectivity index (χ0n) is 24.1. The SMILES string of the molecule is CC(C)(C)OC=O.Cc1ccc(NC(=O)Nc2ccc(Oc3cc(N4CCNCC4C)ncn3)cc2)cc1C(F)(F)F. The number of ether oxygens (including phenoxy) is 2. The molecule has 1 atom stereocenters. The van der Waals surface area contributed by atoms with Crippen LogP contribution in [0.4, 0.5) is 35.2 Å². The third-order valence-electron chi connectivity index (χ3n) is 5.96. The molecule has 1 aromatic heterocycles. The highest BCUT2D eigenvalue weighted by atomic mass is 19.4. The number of amides is 2. The molecule has 0 radical (unpaired) electrons. The topological polar surface area (TPSA) is 118 Å². The first-order valence-electron chi connectivity index (χ1n) is 13.2. The molecule has 0 spiro atoms. The fourth-order valence-electron chi connectivity index (χ4n) is 3.89. The first-order valence-corrected chi connectivity index (χ1v) is 13.2. The van der Waals surface area contributed by atoms with Crippen LogP contribution in [-0.4, -0.2) is 53.7 Å². The average Bonchev–Trinajstić information content (AvgIpc) is 2.90. The van der Waals surface area contributed by atoms with E-state index >= 15 is 0 Å². The molecule has 3 aromatic rings. The van der Waals surface area contributed by atoms with Crippen molar-refractivity contribution >= 4 is 29.7 Å². The Morgan fingerprint density at radius 1 is 1.05 bits per heavy atom. The van der Waals surface area contributed by atoms with Gasteiger partial charge in [-0.15, -0.1) is 0 Å².